The van der Waals surface area contributed by atoms with Crippen LogP contribution >= 0.6 is 0 Å². The molecule has 0 radical (unpaired) electrons. The largest absolute Gasteiger partial charge is 0.495 e. The van der Waals surface area contributed by atoms with Crippen molar-refractivity contribution in [3.05, 3.63) is 23.8 Å². The highest BCUT2D eigenvalue weighted by molar-refractivity contribution is 5.95. The molecule has 2 N–H and O–H groups in total. The summed E-state index contributed by atoms with van der Waals surface area (Å²) in [5.41, 5.74) is 6.97. The molecular formula is C14H19N3O2. The van der Waals surface area contributed by atoms with E-state index in [1.165, 1.54) is 0 Å². The van der Waals surface area contributed by atoms with Crippen molar-refractivity contribution in [2.45, 2.75) is 31.8 Å². The van der Waals surface area contributed by atoms with Gasteiger partial charge in [-0.1, -0.05) is 0 Å². The Bertz CT molecular complexity index is 517. The normalized spacial score (nSPS) is 28.7. The van der Waals surface area contributed by atoms with Crippen molar-refractivity contribution in [2.75, 3.05) is 19.4 Å². The molecule has 2 saturated heterocycles. The van der Waals surface area contributed by atoms with Crippen LogP contribution in [0.25, 0.3) is 0 Å². The topological polar surface area (TPSA) is 58.8 Å². The van der Waals surface area contributed by atoms with Crippen LogP contribution in [0.3, 0.4) is 0 Å². The van der Waals surface area contributed by atoms with Crippen LogP contribution in [0.15, 0.2) is 18.2 Å². The van der Waals surface area contributed by atoms with Crippen molar-refractivity contribution >= 4 is 11.6 Å². The number of hydrogen-bond acceptors (Lipinski definition) is 4. The molecule has 19 heavy (non-hydrogen) atoms. The molecule has 102 valence electrons. The molecule has 1 aromatic rings. The Morgan fingerprint density at radius 1 is 1.47 bits per heavy atom. The molecule has 0 spiro atoms. The number of fused-ring (bicyclic) bond motifs is 2. The molecule has 5 heteroatoms. The van der Waals surface area contributed by atoms with Gasteiger partial charge in [-0.05, 0) is 38.0 Å². The van der Waals surface area contributed by atoms with E-state index in [1.54, 1.807) is 25.3 Å². The zero-order valence-corrected chi connectivity index (χ0v) is 11.3. The van der Waals surface area contributed by atoms with Gasteiger partial charge in [0.2, 0.25) is 0 Å². The molecule has 5 nitrogen and oxygen atoms in total. The molecule has 2 heterocycles. The fourth-order valence-corrected chi connectivity index (χ4v) is 3.15. The number of hydrazine groups is 1. The Morgan fingerprint density at radius 3 is 2.84 bits per heavy atom. The van der Waals surface area contributed by atoms with Crippen molar-refractivity contribution in [3.63, 3.8) is 0 Å². The molecule has 0 saturated carbocycles. The van der Waals surface area contributed by atoms with Gasteiger partial charge >= 0.3 is 0 Å². The molecule has 1 amide bonds. The highest BCUT2D eigenvalue weighted by Crippen LogP contribution is 2.35. The minimum Gasteiger partial charge on any atom is -0.495 e. The number of benzene rings is 1. The van der Waals surface area contributed by atoms with E-state index < -0.39 is 0 Å². The molecule has 2 bridgehead atoms. The van der Waals surface area contributed by atoms with Crippen molar-refractivity contribution in [2.24, 2.45) is 0 Å². The van der Waals surface area contributed by atoms with Gasteiger partial charge in [0.15, 0.2) is 0 Å². The first kappa shape index (κ1) is 12.3. The third-order valence-corrected chi connectivity index (χ3v) is 4.12. The summed E-state index contributed by atoms with van der Waals surface area (Å²) in [6.45, 7) is 3.15. The molecule has 3 atom stereocenters. The maximum Gasteiger partial charge on any atom is 0.268 e. The van der Waals surface area contributed by atoms with E-state index in [-0.39, 0.29) is 5.91 Å². The van der Waals surface area contributed by atoms with Gasteiger partial charge in [-0.3, -0.25) is 9.80 Å². The van der Waals surface area contributed by atoms with Gasteiger partial charge in [0.1, 0.15) is 5.75 Å². The van der Waals surface area contributed by atoms with Gasteiger partial charge in [0, 0.05) is 18.2 Å². The van der Waals surface area contributed by atoms with Crippen LogP contribution in [0.4, 0.5) is 5.69 Å². The van der Waals surface area contributed by atoms with E-state index in [2.05, 4.69) is 11.9 Å². The highest BCUT2D eigenvalue weighted by atomic mass is 16.5. The smallest absolute Gasteiger partial charge is 0.268 e. The van der Waals surface area contributed by atoms with Gasteiger partial charge in [-0.15, -0.1) is 0 Å². The van der Waals surface area contributed by atoms with E-state index in [4.69, 9.17) is 10.5 Å². The first-order valence-electron chi connectivity index (χ1n) is 6.65. The molecule has 3 rings (SSSR count). The summed E-state index contributed by atoms with van der Waals surface area (Å²) in [7, 11) is 1.56. The number of hydrogen-bond donors (Lipinski definition) is 1. The van der Waals surface area contributed by atoms with E-state index in [0.29, 0.717) is 29.1 Å². The fraction of sp³-hybridized carbons (Fsp3) is 0.500. The van der Waals surface area contributed by atoms with Gasteiger partial charge in [-0.2, -0.15) is 0 Å². The number of nitrogens with zero attached hydrogens (tertiary/aromatic N) is 2. The van der Waals surface area contributed by atoms with Crippen LogP contribution in [0.2, 0.25) is 0 Å². The number of ether oxygens (including phenoxy) is 1. The Morgan fingerprint density at radius 2 is 2.26 bits per heavy atom. The van der Waals surface area contributed by atoms with E-state index in [9.17, 15) is 4.79 Å². The third-order valence-electron chi connectivity index (χ3n) is 4.12. The molecule has 3 unspecified atom stereocenters. The van der Waals surface area contributed by atoms with Crippen molar-refractivity contribution < 1.29 is 9.53 Å². The zero-order valence-electron chi connectivity index (χ0n) is 11.3. The monoisotopic (exact) mass is 261 g/mol. The van der Waals surface area contributed by atoms with Gasteiger partial charge in [-0.25, -0.2) is 5.01 Å². The molecule has 2 aliphatic rings. The first-order chi connectivity index (χ1) is 9.11. The first-order valence-corrected chi connectivity index (χ1v) is 6.65. The van der Waals surface area contributed by atoms with Crippen LogP contribution in [0.1, 0.15) is 30.1 Å². The second-order valence-corrected chi connectivity index (χ2v) is 5.30. The van der Waals surface area contributed by atoms with Crippen LogP contribution in [0.5, 0.6) is 5.75 Å². The fourth-order valence-electron chi connectivity index (χ4n) is 3.15. The number of rotatable bonds is 2. The Hall–Kier alpha value is -1.75. The van der Waals surface area contributed by atoms with Gasteiger partial charge < -0.3 is 10.5 Å². The Kier molecular flexibility index (Phi) is 2.86. The predicted molar refractivity (Wildman–Crippen MR) is 72.8 cm³/mol. The predicted octanol–water partition coefficient (Wildman–Crippen LogP) is 1.50. The van der Waals surface area contributed by atoms with E-state index in [1.807, 2.05) is 5.01 Å². The number of nitrogens with two attached hydrogens (primary N) is 1. The maximum absolute atomic E-state index is 12.6. The summed E-state index contributed by atoms with van der Waals surface area (Å²) >= 11 is 0. The Balaban J connectivity index is 1.89. The number of carbonyl (C=O) groups is 1. The molecule has 0 aliphatic carbocycles. The second kappa shape index (κ2) is 4.42. The summed E-state index contributed by atoms with van der Waals surface area (Å²) in [4.78, 5) is 12.6. The second-order valence-electron chi connectivity index (χ2n) is 5.30. The minimum atomic E-state index is 0.0464. The van der Waals surface area contributed by atoms with Crippen LogP contribution in [-0.2, 0) is 0 Å². The van der Waals surface area contributed by atoms with Crippen LogP contribution < -0.4 is 10.5 Å². The molecule has 1 aromatic carbocycles. The number of carbonyl (C=O) groups excluding carboxylic acids is 1. The number of amides is 1. The van der Waals surface area contributed by atoms with E-state index >= 15 is 0 Å². The molecule has 2 aliphatic heterocycles. The molecular weight excluding hydrogens is 242 g/mol. The lowest BCUT2D eigenvalue weighted by molar-refractivity contribution is 0.0223. The lowest BCUT2D eigenvalue weighted by Gasteiger charge is -2.26. The van der Waals surface area contributed by atoms with Crippen LogP contribution in [0, 0.1) is 0 Å². The minimum absolute atomic E-state index is 0.0464. The quantitative estimate of drug-likeness (QED) is 0.820. The standard InChI is InChI=1S/C14H19N3O2/c1-9-7-11-5-6-16(9)17(11)14(18)10-3-4-12(15)13(8-10)19-2/h3-4,8-9,11H,5-7,15H2,1-2H3. The van der Waals surface area contributed by atoms with Crippen molar-refractivity contribution in [1.29, 1.82) is 0 Å². The van der Waals surface area contributed by atoms with E-state index in [0.717, 1.165) is 19.4 Å². The number of anilines is 1. The summed E-state index contributed by atoms with van der Waals surface area (Å²) in [6.07, 6.45) is 2.14. The number of piperidine rings is 1. The summed E-state index contributed by atoms with van der Waals surface area (Å²) in [5.74, 6) is 0.602. The lowest BCUT2D eigenvalue weighted by atomic mass is 10.0. The molecule has 2 fully saturated rings. The maximum atomic E-state index is 12.6. The Labute approximate surface area is 112 Å². The SMILES string of the molecule is COc1cc(C(=O)N2C3CCN2C(C)C3)ccc1N. The zero-order chi connectivity index (χ0) is 13.6. The number of methoxy groups -OCH3 is 1. The average Bonchev–Trinajstić information content (AvgIpc) is 2.95. The molecule has 0 aromatic heterocycles. The van der Waals surface area contributed by atoms with Crippen LogP contribution in [-0.4, -0.2) is 41.7 Å². The third kappa shape index (κ3) is 1.85. The summed E-state index contributed by atoms with van der Waals surface area (Å²) in [5, 5.41) is 4.09. The van der Waals surface area contributed by atoms with Gasteiger partial charge in [0.25, 0.3) is 5.91 Å². The highest BCUT2D eigenvalue weighted by Gasteiger charge is 2.45. The number of nitrogen functional groups attached to an aromatic ring is 1. The summed E-state index contributed by atoms with van der Waals surface area (Å²) in [6, 6.07) is 6.03. The average molecular weight is 261 g/mol. The lowest BCUT2D eigenvalue weighted by Crippen LogP contribution is -2.41. The van der Waals surface area contributed by atoms with Gasteiger partial charge in [0.05, 0.1) is 18.8 Å². The van der Waals surface area contributed by atoms with Crippen molar-refractivity contribution in [1.82, 2.24) is 10.0 Å². The summed E-state index contributed by atoms with van der Waals surface area (Å²) < 4.78 is 5.18. The van der Waals surface area contributed by atoms with Crippen molar-refractivity contribution in [3.8, 4) is 5.75 Å².